The van der Waals surface area contributed by atoms with Crippen LogP contribution in [0.3, 0.4) is 0 Å². The molecular formula is C16H11BrClF2NO4. The van der Waals surface area contributed by atoms with Crippen LogP contribution >= 0.6 is 27.5 Å². The number of hydrogen-bond acceptors (Lipinski definition) is 4. The van der Waals surface area contributed by atoms with Crippen LogP contribution in [0.15, 0.2) is 40.9 Å². The van der Waals surface area contributed by atoms with E-state index in [1.165, 1.54) is 6.07 Å². The molecule has 0 saturated heterocycles. The van der Waals surface area contributed by atoms with Crippen LogP contribution < -0.4 is 10.1 Å². The Kier molecular flexibility index (Phi) is 6.72. The van der Waals surface area contributed by atoms with E-state index in [1.54, 1.807) is 18.2 Å². The average Bonchev–Trinajstić information content (AvgIpc) is 2.55. The maximum atomic E-state index is 13.0. The zero-order valence-electron chi connectivity index (χ0n) is 12.5. The summed E-state index contributed by atoms with van der Waals surface area (Å²) in [5, 5.41) is 2.76. The van der Waals surface area contributed by atoms with Gasteiger partial charge in [-0.2, -0.15) is 0 Å². The molecule has 0 aliphatic rings. The van der Waals surface area contributed by atoms with Gasteiger partial charge in [-0.15, -0.1) is 0 Å². The summed E-state index contributed by atoms with van der Waals surface area (Å²) in [7, 11) is 0. The third-order valence-corrected chi connectivity index (χ3v) is 3.66. The predicted molar refractivity (Wildman–Crippen MR) is 90.6 cm³/mol. The Morgan fingerprint density at radius 2 is 1.84 bits per heavy atom. The van der Waals surface area contributed by atoms with Crippen molar-refractivity contribution in [2.24, 2.45) is 0 Å². The summed E-state index contributed by atoms with van der Waals surface area (Å²) >= 11 is 9.01. The van der Waals surface area contributed by atoms with E-state index in [4.69, 9.17) is 21.1 Å². The van der Waals surface area contributed by atoms with Gasteiger partial charge in [0.1, 0.15) is 5.75 Å². The van der Waals surface area contributed by atoms with Gasteiger partial charge >= 0.3 is 5.97 Å². The van der Waals surface area contributed by atoms with E-state index in [0.29, 0.717) is 15.2 Å². The minimum absolute atomic E-state index is 0.0429. The second kappa shape index (κ2) is 8.77. The topological polar surface area (TPSA) is 64.6 Å². The summed E-state index contributed by atoms with van der Waals surface area (Å²) in [5.41, 5.74) is 0.0429. The summed E-state index contributed by atoms with van der Waals surface area (Å²) in [4.78, 5) is 23.2. The van der Waals surface area contributed by atoms with Gasteiger partial charge in [0, 0.05) is 16.8 Å². The van der Waals surface area contributed by atoms with Gasteiger partial charge < -0.3 is 14.8 Å². The highest BCUT2D eigenvalue weighted by Crippen LogP contribution is 2.27. The number of nitrogens with one attached hydrogen (secondary N) is 1. The van der Waals surface area contributed by atoms with E-state index in [1.807, 2.05) is 0 Å². The predicted octanol–water partition coefficient (Wildman–Crippen LogP) is 3.94. The number of halogens is 4. The van der Waals surface area contributed by atoms with Crippen LogP contribution in [0.2, 0.25) is 5.02 Å². The van der Waals surface area contributed by atoms with Gasteiger partial charge in [-0.05, 0) is 46.3 Å². The van der Waals surface area contributed by atoms with Gasteiger partial charge in [0.15, 0.2) is 24.8 Å². The molecule has 0 radical (unpaired) electrons. The fourth-order valence-electron chi connectivity index (χ4n) is 1.69. The number of carbonyl (C=O) groups excluding carboxylic acids is 2. The van der Waals surface area contributed by atoms with Crippen LogP contribution in [0.4, 0.5) is 14.5 Å². The lowest BCUT2D eigenvalue weighted by Crippen LogP contribution is -2.23. The summed E-state index contributed by atoms with van der Waals surface area (Å²) in [6.45, 7) is -1.01. The lowest BCUT2D eigenvalue weighted by Gasteiger charge is -2.09. The van der Waals surface area contributed by atoms with Crippen LogP contribution in [-0.4, -0.2) is 25.1 Å². The standard InChI is InChI=1S/C16H11BrClF2NO4/c17-11-5-9(18)1-4-14(11)24-8-16(23)25-7-15(22)21-10-2-3-12(19)13(20)6-10/h1-6H,7-8H2,(H,21,22). The van der Waals surface area contributed by atoms with Gasteiger partial charge in [0.25, 0.3) is 5.91 Å². The molecule has 0 aliphatic heterocycles. The van der Waals surface area contributed by atoms with Crippen molar-refractivity contribution in [1.29, 1.82) is 0 Å². The second-order valence-corrected chi connectivity index (χ2v) is 5.99. The van der Waals surface area contributed by atoms with Crippen molar-refractivity contribution in [2.45, 2.75) is 0 Å². The first kappa shape index (κ1) is 19.1. The quantitative estimate of drug-likeness (QED) is 0.700. The maximum Gasteiger partial charge on any atom is 0.344 e. The third-order valence-electron chi connectivity index (χ3n) is 2.81. The molecule has 0 saturated carbocycles. The molecule has 2 rings (SSSR count). The van der Waals surface area contributed by atoms with Gasteiger partial charge in [0.2, 0.25) is 0 Å². The molecule has 9 heteroatoms. The van der Waals surface area contributed by atoms with Gasteiger partial charge in [-0.25, -0.2) is 13.6 Å². The monoisotopic (exact) mass is 433 g/mol. The number of carbonyl (C=O) groups is 2. The summed E-state index contributed by atoms with van der Waals surface area (Å²) in [6.07, 6.45) is 0. The van der Waals surface area contributed by atoms with Gasteiger partial charge in [-0.1, -0.05) is 11.6 Å². The number of benzene rings is 2. The molecule has 0 bridgehead atoms. The van der Waals surface area contributed by atoms with Crippen LogP contribution in [0.1, 0.15) is 0 Å². The van der Waals surface area contributed by atoms with E-state index >= 15 is 0 Å². The van der Waals surface area contributed by atoms with Crippen LogP contribution in [0.25, 0.3) is 0 Å². The molecule has 2 aromatic carbocycles. The van der Waals surface area contributed by atoms with Crippen LogP contribution in [0, 0.1) is 11.6 Å². The van der Waals surface area contributed by atoms with Crippen LogP contribution in [-0.2, 0) is 14.3 Å². The molecule has 132 valence electrons. The molecule has 0 aromatic heterocycles. The molecule has 0 atom stereocenters. The number of amides is 1. The van der Waals surface area contributed by atoms with Crippen molar-refractivity contribution in [3.05, 3.63) is 57.5 Å². The van der Waals surface area contributed by atoms with Crippen molar-refractivity contribution in [3.63, 3.8) is 0 Å². The Morgan fingerprint density at radius 1 is 1.08 bits per heavy atom. The van der Waals surface area contributed by atoms with E-state index in [0.717, 1.165) is 12.1 Å². The maximum absolute atomic E-state index is 13.0. The molecule has 2 aromatic rings. The van der Waals surface area contributed by atoms with Crippen molar-refractivity contribution in [1.82, 2.24) is 0 Å². The first-order chi connectivity index (χ1) is 11.8. The zero-order chi connectivity index (χ0) is 18.4. The molecule has 0 spiro atoms. The Hall–Kier alpha value is -2.19. The fraction of sp³-hybridized carbons (Fsp3) is 0.125. The minimum Gasteiger partial charge on any atom is -0.481 e. The molecule has 25 heavy (non-hydrogen) atoms. The zero-order valence-corrected chi connectivity index (χ0v) is 14.9. The molecule has 0 heterocycles. The van der Waals surface area contributed by atoms with Crippen molar-refractivity contribution in [3.8, 4) is 5.75 Å². The second-order valence-electron chi connectivity index (χ2n) is 4.70. The van der Waals surface area contributed by atoms with Gasteiger partial charge in [0.05, 0.1) is 4.47 Å². The van der Waals surface area contributed by atoms with Crippen molar-refractivity contribution in [2.75, 3.05) is 18.5 Å². The fourth-order valence-corrected chi connectivity index (χ4v) is 2.48. The highest BCUT2D eigenvalue weighted by atomic mass is 79.9. The highest BCUT2D eigenvalue weighted by Gasteiger charge is 2.11. The average molecular weight is 435 g/mol. The smallest absolute Gasteiger partial charge is 0.344 e. The minimum atomic E-state index is -1.10. The number of hydrogen-bond donors (Lipinski definition) is 1. The van der Waals surface area contributed by atoms with E-state index in [2.05, 4.69) is 21.2 Å². The first-order valence-corrected chi connectivity index (χ1v) is 8.00. The first-order valence-electron chi connectivity index (χ1n) is 6.83. The molecule has 1 amide bonds. The number of esters is 1. The lowest BCUT2D eigenvalue weighted by atomic mass is 10.3. The summed E-state index contributed by atoms with van der Waals surface area (Å²) < 4.78 is 36.3. The van der Waals surface area contributed by atoms with Crippen molar-refractivity contribution < 1.29 is 27.8 Å². The molecule has 5 nitrogen and oxygen atoms in total. The SMILES string of the molecule is O=C(COC(=O)COc1ccc(Cl)cc1Br)Nc1ccc(F)c(F)c1. The summed E-state index contributed by atoms with van der Waals surface area (Å²) in [5.74, 6) is -3.23. The number of anilines is 1. The van der Waals surface area contributed by atoms with E-state index in [-0.39, 0.29) is 5.69 Å². The van der Waals surface area contributed by atoms with E-state index < -0.39 is 36.7 Å². The normalized spacial score (nSPS) is 10.2. The Labute approximate surface area is 155 Å². The highest BCUT2D eigenvalue weighted by molar-refractivity contribution is 9.10. The number of rotatable bonds is 6. The van der Waals surface area contributed by atoms with Gasteiger partial charge in [-0.3, -0.25) is 4.79 Å². The molecule has 0 aliphatic carbocycles. The Morgan fingerprint density at radius 3 is 2.52 bits per heavy atom. The van der Waals surface area contributed by atoms with Crippen molar-refractivity contribution >= 4 is 45.1 Å². The number of ether oxygens (including phenoxy) is 2. The largest absolute Gasteiger partial charge is 0.481 e. The molecule has 1 N–H and O–H groups in total. The summed E-state index contributed by atoms with van der Waals surface area (Å²) in [6, 6.07) is 7.61. The lowest BCUT2D eigenvalue weighted by molar-refractivity contribution is -0.149. The Bertz CT molecular complexity index is 804. The molecule has 0 fully saturated rings. The molecular weight excluding hydrogens is 424 g/mol. The third kappa shape index (κ3) is 5.99. The van der Waals surface area contributed by atoms with Crippen LogP contribution in [0.5, 0.6) is 5.75 Å². The Balaban J connectivity index is 1.77. The van der Waals surface area contributed by atoms with E-state index in [9.17, 15) is 18.4 Å². The molecule has 0 unspecified atom stereocenters.